The van der Waals surface area contributed by atoms with Gasteiger partial charge in [-0.3, -0.25) is 14.2 Å². The number of carbonyl (C=O) groups is 2. The number of thiazole rings is 1. The summed E-state index contributed by atoms with van der Waals surface area (Å²) in [5.41, 5.74) is 3.04. The Morgan fingerprint density at radius 1 is 1.10 bits per heavy atom. The fourth-order valence-corrected chi connectivity index (χ4v) is 6.19. The van der Waals surface area contributed by atoms with Crippen molar-refractivity contribution in [2.24, 2.45) is 4.99 Å². The molecule has 0 saturated heterocycles. The number of unbranched alkanes of at least 4 members (excludes halogenated alkanes) is 1. The molecule has 0 fully saturated rings. The molecule has 2 aliphatic rings. The van der Waals surface area contributed by atoms with Crippen LogP contribution in [0.4, 0.5) is 5.69 Å². The summed E-state index contributed by atoms with van der Waals surface area (Å²) in [6.07, 6.45) is 1.45. The van der Waals surface area contributed by atoms with Crippen molar-refractivity contribution in [3.63, 3.8) is 0 Å². The van der Waals surface area contributed by atoms with Crippen LogP contribution in [0.25, 0.3) is 5.57 Å². The summed E-state index contributed by atoms with van der Waals surface area (Å²) in [5.74, 6) is -0.0650. The molecule has 3 heterocycles. The zero-order valence-electron chi connectivity index (χ0n) is 22.7. The molecule has 9 heteroatoms. The Morgan fingerprint density at radius 2 is 1.82 bits per heavy atom. The van der Waals surface area contributed by atoms with E-state index in [9.17, 15) is 14.4 Å². The number of carbonyl (C=O) groups excluding carboxylic acids is 2. The Bertz CT molecular complexity index is 1660. The maximum atomic E-state index is 14.2. The molecule has 0 saturated carbocycles. The number of anilines is 1. The number of hydrogen-bond donors (Lipinski definition) is 0. The van der Waals surface area contributed by atoms with Gasteiger partial charge >= 0.3 is 5.97 Å². The van der Waals surface area contributed by atoms with Gasteiger partial charge in [0.1, 0.15) is 10.3 Å². The lowest BCUT2D eigenvalue weighted by Gasteiger charge is -2.25. The van der Waals surface area contributed by atoms with Crippen LogP contribution in [0.3, 0.4) is 0 Å². The molecule has 3 aromatic rings. The number of esters is 1. The van der Waals surface area contributed by atoms with E-state index in [-0.39, 0.29) is 17.6 Å². The molecule has 8 nitrogen and oxygen atoms in total. The molecule has 0 radical (unpaired) electrons. The highest BCUT2D eigenvalue weighted by atomic mass is 32.1. The van der Waals surface area contributed by atoms with Gasteiger partial charge in [0.05, 0.1) is 41.8 Å². The monoisotopic (exact) mass is 545 g/mol. The normalized spacial score (nSPS) is 17.7. The lowest BCUT2D eigenvalue weighted by Crippen LogP contribution is -2.41. The van der Waals surface area contributed by atoms with Crippen LogP contribution in [0.5, 0.6) is 5.75 Å². The molecule has 1 atom stereocenters. The van der Waals surface area contributed by atoms with Crippen LogP contribution in [0.1, 0.15) is 57.7 Å². The summed E-state index contributed by atoms with van der Waals surface area (Å²) < 4.78 is 12.7. The molecule has 1 aromatic heterocycles. The summed E-state index contributed by atoms with van der Waals surface area (Å²) in [5, 5.41) is 0. The molecule has 1 amide bonds. The summed E-state index contributed by atoms with van der Waals surface area (Å²) >= 11 is 1.18. The minimum Gasteiger partial charge on any atom is -0.497 e. The van der Waals surface area contributed by atoms with Crippen LogP contribution < -0.4 is 24.5 Å². The van der Waals surface area contributed by atoms with Crippen LogP contribution in [0.2, 0.25) is 0 Å². The van der Waals surface area contributed by atoms with Gasteiger partial charge in [0, 0.05) is 12.1 Å². The minimum absolute atomic E-state index is 0.189. The maximum absolute atomic E-state index is 14.2. The Morgan fingerprint density at radius 3 is 2.49 bits per heavy atom. The van der Waals surface area contributed by atoms with E-state index in [1.165, 1.54) is 15.9 Å². The van der Waals surface area contributed by atoms with Gasteiger partial charge in [-0.2, -0.15) is 0 Å². The first kappa shape index (κ1) is 26.6. The van der Waals surface area contributed by atoms with Crippen molar-refractivity contribution >= 4 is 34.5 Å². The topological polar surface area (TPSA) is 90.2 Å². The van der Waals surface area contributed by atoms with Crippen molar-refractivity contribution < 1.29 is 19.1 Å². The molecule has 202 valence electrons. The number of rotatable bonds is 7. The molecule has 0 spiro atoms. The number of allylic oxidation sites excluding steroid dienone is 1. The molecule has 2 aromatic carbocycles. The quantitative estimate of drug-likeness (QED) is 0.422. The average Bonchev–Trinajstić information content (AvgIpc) is 3.38. The zero-order chi connectivity index (χ0) is 27.8. The number of fused-ring (bicyclic) bond motifs is 2. The van der Waals surface area contributed by atoms with E-state index in [0.29, 0.717) is 44.0 Å². The SMILES string of the molecule is CCCCN1C(=O)/C(=c2\sc3n(c2=O)[C@@H](c2ccc(OC)cc2)C(C(=O)OC(C)C)=C(C)N=3)c2ccccc21. The van der Waals surface area contributed by atoms with Gasteiger partial charge in [0.2, 0.25) is 0 Å². The fraction of sp³-hybridized carbons (Fsp3) is 0.333. The smallest absolute Gasteiger partial charge is 0.338 e. The number of nitrogens with zero attached hydrogens (tertiary/aromatic N) is 3. The number of hydrogen-bond acceptors (Lipinski definition) is 7. The van der Waals surface area contributed by atoms with Gasteiger partial charge in [0.15, 0.2) is 4.80 Å². The Kier molecular flexibility index (Phi) is 7.27. The average molecular weight is 546 g/mol. The van der Waals surface area contributed by atoms with E-state index in [1.54, 1.807) is 44.9 Å². The van der Waals surface area contributed by atoms with Gasteiger partial charge in [-0.05, 0) is 51.0 Å². The Labute approximate surface area is 230 Å². The third-order valence-electron chi connectivity index (χ3n) is 6.88. The number of methoxy groups -OCH3 is 1. The lowest BCUT2D eigenvalue weighted by atomic mass is 9.95. The van der Waals surface area contributed by atoms with E-state index >= 15 is 0 Å². The van der Waals surface area contributed by atoms with E-state index < -0.39 is 12.0 Å². The van der Waals surface area contributed by atoms with Crippen molar-refractivity contribution in [1.82, 2.24) is 4.57 Å². The van der Waals surface area contributed by atoms with Gasteiger partial charge in [-0.15, -0.1) is 0 Å². The molecular weight excluding hydrogens is 514 g/mol. The summed E-state index contributed by atoms with van der Waals surface area (Å²) in [4.78, 5) is 48.1. The molecule has 0 unspecified atom stereocenters. The van der Waals surface area contributed by atoms with Crippen LogP contribution in [-0.2, 0) is 14.3 Å². The predicted octanol–water partition coefficient (Wildman–Crippen LogP) is 3.71. The second-order valence-corrected chi connectivity index (χ2v) is 10.8. The van der Waals surface area contributed by atoms with E-state index in [1.807, 2.05) is 36.4 Å². The Hall–Kier alpha value is -3.98. The first-order chi connectivity index (χ1) is 18.8. The number of benzene rings is 2. The van der Waals surface area contributed by atoms with Gasteiger partial charge in [-0.25, -0.2) is 9.79 Å². The largest absolute Gasteiger partial charge is 0.497 e. The molecule has 0 N–H and O–H groups in total. The van der Waals surface area contributed by atoms with Crippen molar-refractivity contribution in [2.45, 2.75) is 52.7 Å². The van der Waals surface area contributed by atoms with Crippen molar-refractivity contribution in [1.29, 1.82) is 0 Å². The van der Waals surface area contributed by atoms with Crippen molar-refractivity contribution in [3.8, 4) is 5.75 Å². The zero-order valence-corrected chi connectivity index (χ0v) is 23.5. The first-order valence-corrected chi connectivity index (χ1v) is 13.9. The van der Waals surface area contributed by atoms with Crippen LogP contribution in [-0.4, -0.2) is 36.2 Å². The van der Waals surface area contributed by atoms with Gasteiger partial charge in [-0.1, -0.05) is 55.0 Å². The first-order valence-electron chi connectivity index (χ1n) is 13.1. The maximum Gasteiger partial charge on any atom is 0.338 e. The standard InChI is InChI=1S/C30H31N3O5S/c1-6-7-16-32-22-11-9-8-10-21(22)24(27(32)34)26-28(35)33-25(19-12-14-20(37-5)15-13-19)23(29(36)38-17(2)3)18(4)31-30(33)39-26/h8-15,17,25H,6-7,16H2,1-5H3/b26-24-/t25-/m0/s1. The second kappa shape index (κ2) is 10.6. The summed E-state index contributed by atoms with van der Waals surface area (Å²) in [6.45, 7) is 7.96. The molecule has 39 heavy (non-hydrogen) atoms. The summed E-state index contributed by atoms with van der Waals surface area (Å²) in [6, 6.07) is 14.0. The molecule has 0 bridgehead atoms. The van der Waals surface area contributed by atoms with Gasteiger partial charge < -0.3 is 14.4 Å². The second-order valence-electron chi connectivity index (χ2n) is 9.83. The number of amides is 1. The predicted molar refractivity (Wildman–Crippen MR) is 151 cm³/mol. The number of ether oxygens (including phenoxy) is 2. The molecule has 5 rings (SSSR count). The number of aromatic nitrogens is 1. The van der Waals surface area contributed by atoms with Crippen LogP contribution >= 0.6 is 11.3 Å². The number of para-hydroxylation sites is 1. The van der Waals surface area contributed by atoms with E-state index in [4.69, 9.17) is 9.47 Å². The molecule has 2 aliphatic heterocycles. The summed E-state index contributed by atoms with van der Waals surface area (Å²) in [7, 11) is 1.58. The fourth-order valence-electron chi connectivity index (χ4n) is 5.05. The highest BCUT2D eigenvalue weighted by molar-refractivity contribution is 7.07. The van der Waals surface area contributed by atoms with Crippen molar-refractivity contribution in [3.05, 3.63) is 90.6 Å². The highest BCUT2D eigenvalue weighted by Gasteiger charge is 2.37. The van der Waals surface area contributed by atoms with Gasteiger partial charge in [0.25, 0.3) is 11.5 Å². The van der Waals surface area contributed by atoms with Crippen LogP contribution in [0.15, 0.2) is 69.6 Å². The third kappa shape index (κ3) is 4.61. The lowest BCUT2D eigenvalue weighted by molar-refractivity contribution is -0.143. The highest BCUT2D eigenvalue weighted by Crippen LogP contribution is 2.36. The molecule has 0 aliphatic carbocycles. The van der Waals surface area contributed by atoms with E-state index in [0.717, 1.165) is 24.1 Å². The van der Waals surface area contributed by atoms with Crippen LogP contribution in [0, 0.1) is 0 Å². The minimum atomic E-state index is -0.768. The third-order valence-corrected chi connectivity index (χ3v) is 7.93. The molecular formula is C30H31N3O5S. The van der Waals surface area contributed by atoms with E-state index in [2.05, 4.69) is 11.9 Å². The Balaban J connectivity index is 1.76. The van der Waals surface area contributed by atoms with Crippen molar-refractivity contribution in [2.75, 3.05) is 18.6 Å².